The molecule has 0 aliphatic carbocycles. The van der Waals surface area contributed by atoms with Crippen molar-refractivity contribution in [2.75, 3.05) is 39.3 Å². The summed E-state index contributed by atoms with van der Waals surface area (Å²) >= 11 is 0. The molecular weight excluding hydrogens is 390 g/mol. The zero-order valence-electron chi connectivity index (χ0n) is 17.6. The molecule has 1 fully saturated rings. The summed E-state index contributed by atoms with van der Waals surface area (Å²) in [4.78, 5) is 42.8. The Hall–Kier alpha value is -3.25. The SMILES string of the molecule is O=C(CCCN1C(=O)c2ccccc2C1=O)N1CCN(C/C=C/c2ccccc2)CC1. The van der Waals surface area contributed by atoms with Crippen LogP contribution in [0.4, 0.5) is 0 Å². The number of rotatable bonds is 7. The van der Waals surface area contributed by atoms with Crippen LogP contribution in [0.5, 0.6) is 0 Å². The van der Waals surface area contributed by atoms with E-state index >= 15 is 0 Å². The van der Waals surface area contributed by atoms with Gasteiger partial charge in [-0.3, -0.25) is 24.2 Å². The van der Waals surface area contributed by atoms with Crippen molar-refractivity contribution >= 4 is 23.8 Å². The maximum atomic E-state index is 12.6. The highest BCUT2D eigenvalue weighted by atomic mass is 16.2. The van der Waals surface area contributed by atoms with E-state index in [0.29, 0.717) is 37.1 Å². The molecule has 6 heteroatoms. The van der Waals surface area contributed by atoms with Crippen LogP contribution in [0, 0.1) is 0 Å². The third-order valence-corrected chi connectivity index (χ3v) is 5.85. The van der Waals surface area contributed by atoms with E-state index in [1.807, 2.05) is 23.1 Å². The summed E-state index contributed by atoms with van der Waals surface area (Å²) in [5, 5.41) is 0. The van der Waals surface area contributed by atoms with Crippen LogP contribution in [0.3, 0.4) is 0 Å². The zero-order chi connectivity index (χ0) is 21.6. The van der Waals surface area contributed by atoms with Crippen LogP contribution in [0.2, 0.25) is 0 Å². The standard InChI is InChI=1S/C25H27N3O3/c29-23(13-7-15-28-24(30)21-11-4-5-12-22(21)25(28)31)27-18-16-26(17-19-27)14-6-10-20-8-2-1-3-9-20/h1-6,8-12H,7,13-19H2/b10-6+. The highest BCUT2D eigenvalue weighted by Gasteiger charge is 2.34. The number of imide groups is 1. The van der Waals surface area contributed by atoms with Crippen LogP contribution in [-0.4, -0.2) is 71.7 Å². The second-order valence-corrected chi connectivity index (χ2v) is 7.91. The van der Waals surface area contributed by atoms with Crippen LogP contribution in [0.1, 0.15) is 39.1 Å². The van der Waals surface area contributed by atoms with Gasteiger partial charge < -0.3 is 4.90 Å². The van der Waals surface area contributed by atoms with Crippen molar-refractivity contribution in [2.45, 2.75) is 12.8 Å². The molecule has 0 radical (unpaired) electrons. The molecule has 2 aliphatic rings. The van der Waals surface area contributed by atoms with Crippen LogP contribution in [0.25, 0.3) is 6.08 Å². The van der Waals surface area contributed by atoms with Crippen molar-refractivity contribution in [3.63, 3.8) is 0 Å². The fourth-order valence-electron chi connectivity index (χ4n) is 4.07. The average Bonchev–Trinajstić information content (AvgIpc) is 3.05. The number of nitrogens with zero attached hydrogens (tertiary/aromatic N) is 3. The Morgan fingerprint density at radius 1 is 0.839 bits per heavy atom. The first-order chi connectivity index (χ1) is 15.1. The Kier molecular flexibility index (Phi) is 6.57. The molecule has 6 nitrogen and oxygen atoms in total. The van der Waals surface area contributed by atoms with Gasteiger partial charge in [0.1, 0.15) is 0 Å². The number of benzene rings is 2. The maximum Gasteiger partial charge on any atom is 0.261 e. The molecule has 0 spiro atoms. The summed E-state index contributed by atoms with van der Waals surface area (Å²) in [5.41, 5.74) is 2.10. The normalized spacial score (nSPS) is 16.9. The van der Waals surface area contributed by atoms with Crippen molar-refractivity contribution < 1.29 is 14.4 Å². The molecule has 0 aromatic heterocycles. The molecule has 0 unspecified atom stereocenters. The van der Waals surface area contributed by atoms with E-state index in [1.165, 1.54) is 10.5 Å². The first kappa shape index (κ1) is 21.0. The van der Waals surface area contributed by atoms with Gasteiger partial charge in [0.25, 0.3) is 11.8 Å². The Morgan fingerprint density at radius 2 is 1.45 bits per heavy atom. The van der Waals surface area contributed by atoms with E-state index in [9.17, 15) is 14.4 Å². The number of amides is 3. The molecule has 1 saturated heterocycles. The second-order valence-electron chi connectivity index (χ2n) is 7.91. The fourth-order valence-corrected chi connectivity index (χ4v) is 4.07. The number of hydrogen-bond donors (Lipinski definition) is 0. The molecule has 31 heavy (non-hydrogen) atoms. The van der Waals surface area contributed by atoms with Gasteiger partial charge in [-0.1, -0.05) is 54.6 Å². The molecule has 0 saturated carbocycles. The highest BCUT2D eigenvalue weighted by Crippen LogP contribution is 2.22. The molecule has 0 bridgehead atoms. The molecule has 3 amide bonds. The van der Waals surface area contributed by atoms with Gasteiger partial charge in [0, 0.05) is 45.7 Å². The predicted octanol–water partition coefficient (Wildman–Crippen LogP) is 2.92. The van der Waals surface area contributed by atoms with Gasteiger partial charge >= 0.3 is 0 Å². The van der Waals surface area contributed by atoms with Crippen LogP contribution in [0.15, 0.2) is 60.7 Å². The second kappa shape index (κ2) is 9.71. The molecule has 2 aromatic rings. The summed E-state index contributed by atoms with van der Waals surface area (Å²) in [5.74, 6) is -0.425. The topological polar surface area (TPSA) is 60.9 Å². The van der Waals surface area contributed by atoms with E-state index in [4.69, 9.17) is 0 Å². The Labute approximate surface area is 182 Å². The first-order valence-corrected chi connectivity index (χ1v) is 10.8. The lowest BCUT2D eigenvalue weighted by Crippen LogP contribution is -2.48. The number of fused-ring (bicyclic) bond motifs is 1. The summed E-state index contributed by atoms with van der Waals surface area (Å²) in [6.45, 7) is 4.28. The van der Waals surface area contributed by atoms with Gasteiger partial charge in [-0.05, 0) is 24.1 Å². The van der Waals surface area contributed by atoms with Gasteiger partial charge in [0.15, 0.2) is 0 Å². The van der Waals surface area contributed by atoms with Crippen molar-refractivity contribution in [2.24, 2.45) is 0 Å². The summed E-state index contributed by atoms with van der Waals surface area (Å²) in [7, 11) is 0. The van der Waals surface area contributed by atoms with E-state index < -0.39 is 0 Å². The van der Waals surface area contributed by atoms with Crippen molar-refractivity contribution in [1.82, 2.24) is 14.7 Å². The lowest BCUT2D eigenvalue weighted by molar-refractivity contribution is -0.133. The van der Waals surface area contributed by atoms with Crippen LogP contribution < -0.4 is 0 Å². The molecule has 2 heterocycles. The summed E-state index contributed by atoms with van der Waals surface area (Å²) in [6, 6.07) is 17.1. The smallest absolute Gasteiger partial charge is 0.261 e. The molecular formula is C25H27N3O3. The largest absolute Gasteiger partial charge is 0.340 e. The van der Waals surface area contributed by atoms with E-state index in [-0.39, 0.29) is 24.3 Å². The third-order valence-electron chi connectivity index (χ3n) is 5.85. The van der Waals surface area contributed by atoms with Gasteiger partial charge in [-0.2, -0.15) is 0 Å². The summed E-state index contributed by atoms with van der Waals surface area (Å²) < 4.78 is 0. The third kappa shape index (κ3) is 4.91. The van der Waals surface area contributed by atoms with Crippen molar-refractivity contribution in [3.05, 3.63) is 77.4 Å². The van der Waals surface area contributed by atoms with E-state index in [2.05, 4.69) is 29.2 Å². The zero-order valence-corrected chi connectivity index (χ0v) is 17.6. The maximum absolute atomic E-state index is 12.6. The Bertz CT molecular complexity index is 944. The minimum atomic E-state index is -0.259. The lowest BCUT2D eigenvalue weighted by Gasteiger charge is -2.34. The monoisotopic (exact) mass is 417 g/mol. The molecule has 4 rings (SSSR count). The van der Waals surface area contributed by atoms with Gasteiger partial charge in [0.2, 0.25) is 5.91 Å². The van der Waals surface area contributed by atoms with E-state index in [0.717, 1.165) is 19.6 Å². The predicted molar refractivity (Wildman–Crippen MR) is 120 cm³/mol. The molecule has 0 atom stereocenters. The number of carbonyl (C=O) groups excluding carboxylic acids is 3. The van der Waals surface area contributed by atoms with Gasteiger partial charge in [-0.25, -0.2) is 0 Å². The lowest BCUT2D eigenvalue weighted by atomic mass is 10.1. The minimum Gasteiger partial charge on any atom is -0.340 e. The Morgan fingerprint density at radius 3 is 2.10 bits per heavy atom. The first-order valence-electron chi connectivity index (χ1n) is 10.8. The highest BCUT2D eigenvalue weighted by molar-refractivity contribution is 6.21. The van der Waals surface area contributed by atoms with Gasteiger partial charge in [0.05, 0.1) is 11.1 Å². The van der Waals surface area contributed by atoms with Crippen molar-refractivity contribution in [1.29, 1.82) is 0 Å². The number of piperazine rings is 1. The number of carbonyl (C=O) groups is 3. The van der Waals surface area contributed by atoms with Crippen molar-refractivity contribution in [3.8, 4) is 0 Å². The molecule has 2 aliphatic heterocycles. The molecule has 2 aromatic carbocycles. The molecule has 160 valence electrons. The molecule has 0 N–H and O–H groups in total. The minimum absolute atomic E-state index is 0.0936. The van der Waals surface area contributed by atoms with E-state index in [1.54, 1.807) is 24.3 Å². The summed E-state index contributed by atoms with van der Waals surface area (Å²) in [6.07, 6.45) is 5.12. The quantitative estimate of drug-likeness (QED) is 0.650. The fraction of sp³-hybridized carbons (Fsp3) is 0.320. The number of hydrogen-bond acceptors (Lipinski definition) is 4. The Balaban J connectivity index is 1.18. The van der Waals surface area contributed by atoms with Crippen LogP contribution in [-0.2, 0) is 4.79 Å². The van der Waals surface area contributed by atoms with Gasteiger partial charge in [-0.15, -0.1) is 0 Å². The average molecular weight is 418 g/mol. The van der Waals surface area contributed by atoms with Crippen LogP contribution >= 0.6 is 0 Å².